The number of hydrogen-bond acceptors (Lipinski definition) is 7. The summed E-state index contributed by atoms with van der Waals surface area (Å²) in [6.45, 7) is 1.59. The topological polar surface area (TPSA) is 113 Å². The Morgan fingerprint density at radius 2 is 1.43 bits per heavy atom. The number of anilines is 1. The van der Waals surface area contributed by atoms with E-state index in [1.807, 2.05) is 4.90 Å². The third-order valence-corrected chi connectivity index (χ3v) is 8.19. The van der Waals surface area contributed by atoms with E-state index in [0.717, 1.165) is 12.8 Å². The lowest BCUT2D eigenvalue weighted by molar-refractivity contribution is 0.382. The van der Waals surface area contributed by atoms with Crippen molar-refractivity contribution in [1.82, 2.24) is 19.0 Å². The molecule has 4 rings (SSSR count). The van der Waals surface area contributed by atoms with Crippen molar-refractivity contribution in [3.05, 3.63) is 42.7 Å². The molecule has 28 heavy (non-hydrogen) atoms. The maximum atomic E-state index is 12.9. The molecule has 2 fully saturated rings. The van der Waals surface area contributed by atoms with Crippen LogP contribution in [0.5, 0.6) is 0 Å². The molecule has 2 aromatic rings. The highest BCUT2D eigenvalue weighted by Crippen LogP contribution is 2.24. The Kier molecular flexibility index (Phi) is 5.08. The first-order chi connectivity index (χ1) is 13.4. The van der Waals surface area contributed by atoms with Crippen molar-refractivity contribution in [2.24, 2.45) is 0 Å². The molecule has 1 saturated carbocycles. The third-order valence-electron chi connectivity index (χ3n) is 4.74. The van der Waals surface area contributed by atoms with Gasteiger partial charge in [-0.3, -0.25) is 0 Å². The molecule has 1 aliphatic carbocycles. The first-order valence-corrected chi connectivity index (χ1v) is 11.9. The van der Waals surface area contributed by atoms with E-state index in [-0.39, 0.29) is 15.8 Å². The van der Waals surface area contributed by atoms with Gasteiger partial charge in [0.25, 0.3) is 0 Å². The van der Waals surface area contributed by atoms with E-state index in [0.29, 0.717) is 32.1 Å². The van der Waals surface area contributed by atoms with Gasteiger partial charge < -0.3 is 4.90 Å². The molecule has 0 amide bonds. The molecule has 150 valence electrons. The van der Waals surface area contributed by atoms with Gasteiger partial charge in [0.15, 0.2) is 0 Å². The van der Waals surface area contributed by atoms with Crippen LogP contribution in [0.2, 0.25) is 0 Å². The predicted molar refractivity (Wildman–Crippen MR) is 103 cm³/mol. The second-order valence-corrected chi connectivity index (χ2v) is 10.5. The second kappa shape index (κ2) is 7.39. The Hall–Kier alpha value is -2.08. The van der Waals surface area contributed by atoms with Crippen LogP contribution in [0.4, 0.5) is 5.95 Å². The van der Waals surface area contributed by atoms with Crippen molar-refractivity contribution in [1.29, 1.82) is 0 Å². The number of piperazine rings is 1. The van der Waals surface area contributed by atoms with Gasteiger partial charge in [-0.2, -0.15) is 4.31 Å². The smallest absolute Gasteiger partial charge is 0.243 e. The largest absolute Gasteiger partial charge is 0.338 e. The average Bonchev–Trinajstić information content (AvgIpc) is 3.52. The van der Waals surface area contributed by atoms with Crippen molar-refractivity contribution in [3.8, 4) is 0 Å². The zero-order chi connectivity index (χ0) is 19.8. The third kappa shape index (κ3) is 4.02. The van der Waals surface area contributed by atoms with Crippen LogP contribution in [0.1, 0.15) is 12.8 Å². The lowest BCUT2D eigenvalue weighted by atomic mass is 10.4. The summed E-state index contributed by atoms with van der Waals surface area (Å²) in [6.07, 6.45) is 4.98. The summed E-state index contributed by atoms with van der Waals surface area (Å²) in [7, 11) is -7.29. The molecule has 2 heterocycles. The summed E-state index contributed by atoms with van der Waals surface area (Å²) in [5.74, 6) is 0.581. The molecule has 0 atom stereocenters. The molecule has 1 saturated heterocycles. The van der Waals surface area contributed by atoms with Crippen molar-refractivity contribution in [2.75, 3.05) is 31.1 Å². The molecule has 0 spiro atoms. The van der Waals surface area contributed by atoms with Crippen LogP contribution < -0.4 is 9.62 Å². The maximum absolute atomic E-state index is 12.9. The monoisotopic (exact) mass is 423 g/mol. The van der Waals surface area contributed by atoms with E-state index < -0.39 is 20.0 Å². The van der Waals surface area contributed by atoms with Gasteiger partial charge in [-0.05, 0) is 43.2 Å². The van der Waals surface area contributed by atoms with Crippen LogP contribution in [0, 0.1) is 0 Å². The molecular formula is C17H21N5O4S2. The molecule has 0 unspecified atom stereocenters. The maximum Gasteiger partial charge on any atom is 0.243 e. The first kappa shape index (κ1) is 19.2. The minimum atomic E-state index is -3.69. The van der Waals surface area contributed by atoms with Crippen LogP contribution in [0.25, 0.3) is 0 Å². The number of sulfonamides is 2. The van der Waals surface area contributed by atoms with Gasteiger partial charge >= 0.3 is 0 Å². The van der Waals surface area contributed by atoms with Crippen molar-refractivity contribution in [2.45, 2.75) is 28.7 Å². The number of aromatic nitrogens is 2. The van der Waals surface area contributed by atoms with Crippen LogP contribution in [0.15, 0.2) is 52.5 Å². The molecule has 0 radical (unpaired) electrons. The van der Waals surface area contributed by atoms with Gasteiger partial charge in [-0.1, -0.05) is 0 Å². The Labute approximate surface area is 164 Å². The second-order valence-electron chi connectivity index (χ2n) is 6.81. The van der Waals surface area contributed by atoms with Crippen LogP contribution in [-0.4, -0.2) is 63.3 Å². The van der Waals surface area contributed by atoms with Crippen LogP contribution >= 0.6 is 0 Å². The van der Waals surface area contributed by atoms with Crippen LogP contribution in [-0.2, 0) is 20.0 Å². The van der Waals surface area contributed by atoms with Gasteiger partial charge in [0, 0.05) is 44.6 Å². The summed E-state index contributed by atoms with van der Waals surface area (Å²) in [5, 5.41) is 0. The zero-order valence-corrected chi connectivity index (χ0v) is 16.7. The van der Waals surface area contributed by atoms with Crippen molar-refractivity contribution in [3.63, 3.8) is 0 Å². The predicted octanol–water partition coefficient (Wildman–Crippen LogP) is 0.428. The Bertz CT molecular complexity index is 1030. The first-order valence-electron chi connectivity index (χ1n) is 9.01. The number of rotatable bonds is 6. The lowest BCUT2D eigenvalue weighted by Gasteiger charge is -2.33. The van der Waals surface area contributed by atoms with Crippen molar-refractivity contribution < 1.29 is 16.8 Å². The number of benzene rings is 1. The van der Waals surface area contributed by atoms with E-state index in [4.69, 9.17) is 0 Å². The minimum Gasteiger partial charge on any atom is -0.338 e. The fraction of sp³-hybridized carbons (Fsp3) is 0.412. The highest BCUT2D eigenvalue weighted by atomic mass is 32.2. The molecule has 11 heteroatoms. The van der Waals surface area contributed by atoms with Gasteiger partial charge in [-0.25, -0.2) is 31.5 Å². The molecule has 0 bridgehead atoms. The molecule has 1 aromatic carbocycles. The Morgan fingerprint density at radius 1 is 0.857 bits per heavy atom. The number of hydrogen-bond donors (Lipinski definition) is 1. The fourth-order valence-electron chi connectivity index (χ4n) is 3.01. The fourth-order valence-corrected chi connectivity index (χ4v) is 5.74. The SMILES string of the molecule is O=S(=O)(NC1CC1)c1ccc(S(=O)(=O)N2CCN(c3ncccn3)CC2)cc1. The highest BCUT2D eigenvalue weighted by Gasteiger charge is 2.31. The summed E-state index contributed by atoms with van der Waals surface area (Å²) < 4.78 is 54.2. The normalized spacial score (nSPS) is 18.9. The Morgan fingerprint density at radius 3 is 2.00 bits per heavy atom. The minimum absolute atomic E-state index is 0.00157. The quantitative estimate of drug-likeness (QED) is 0.717. The molecule has 1 aliphatic heterocycles. The van der Waals surface area contributed by atoms with Gasteiger partial charge in [0.2, 0.25) is 26.0 Å². The van der Waals surface area contributed by atoms with Gasteiger partial charge in [0.05, 0.1) is 9.79 Å². The summed E-state index contributed by atoms with van der Waals surface area (Å²) in [5.41, 5.74) is 0. The molecule has 1 aromatic heterocycles. The number of nitrogens with one attached hydrogen (secondary N) is 1. The van der Waals surface area contributed by atoms with Crippen molar-refractivity contribution >= 4 is 26.0 Å². The summed E-state index contributed by atoms with van der Waals surface area (Å²) in [4.78, 5) is 10.5. The molecular weight excluding hydrogens is 402 g/mol. The van der Waals surface area contributed by atoms with Gasteiger partial charge in [0.1, 0.15) is 0 Å². The van der Waals surface area contributed by atoms with Crippen LogP contribution in [0.3, 0.4) is 0 Å². The van der Waals surface area contributed by atoms with E-state index in [1.54, 1.807) is 18.5 Å². The summed E-state index contributed by atoms with van der Waals surface area (Å²) >= 11 is 0. The van der Waals surface area contributed by atoms with E-state index >= 15 is 0 Å². The Balaban J connectivity index is 1.45. The van der Waals surface area contributed by atoms with Gasteiger partial charge in [-0.15, -0.1) is 0 Å². The standard InChI is InChI=1S/C17H21N5O4S2/c23-27(24,20-14-2-3-14)15-4-6-16(7-5-15)28(25,26)22-12-10-21(11-13-22)17-18-8-1-9-19-17/h1,4-9,14,20H,2-3,10-13H2. The molecule has 1 N–H and O–H groups in total. The van der Waals surface area contributed by atoms with E-state index in [9.17, 15) is 16.8 Å². The zero-order valence-electron chi connectivity index (χ0n) is 15.1. The number of nitrogens with zero attached hydrogens (tertiary/aromatic N) is 4. The summed E-state index contributed by atoms with van der Waals surface area (Å²) in [6, 6.07) is 7.11. The van der Waals surface area contributed by atoms with E-state index in [1.165, 1.54) is 28.6 Å². The molecule has 9 nitrogen and oxygen atoms in total. The van der Waals surface area contributed by atoms with E-state index in [2.05, 4.69) is 14.7 Å². The molecule has 2 aliphatic rings. The highest BCUT2D eigenvalue weighted by molar-refractivity contribution is 7.89. The lowest BCUT2D eigenvalue weighted by Crippen LogP contribution is -2.49. The average molecular weight is 424 g/mol.